The van der Waals surface area contributed by atoms with Gasteiger partial charge in [0.15, 0.2) is 5.11 Å². The number of rotatable bonds is 2. The average Bonchev–Trinajstić information content (AvgIpc) is 2.46. The quantitative estimate of drug-likeness (QED) is 0.477. The lowest BCUT2D eigenvalue weighted by Crippen LogP contribution is -2.49. The highest BCUT2D eigenvalue weighted by Crippen LogP contribution is 2.00. The maximum absolute atomic E-state index is 5.32. The van der Waals surface area contributed by atoms with Crippen LogP contribution in [0.2, 0.25) is 0 Å². The predicted octanol–water partition coefficient (Wildman–Crippen LogP) is 1.19. The van der Waals surface area contributed by atoms with Crippen molar-refractivity contribution in [3.63, 3.8) is 0 Å². The molecule has 0 atom stereocenters. The van der Waals surface area contributed by atoms with Crippen molar-refractivity contribution in [1.29, 1.82) is 0 Å². The molecule has 5 heteroatoms. The van der Waals surface area contributed by atoms with Gasteiger partial charge in [0.2, 0.25) is 0 Å². The number of hydrazone groups is 1. The molecule has 1 aromatic rings. The zero-order chi connectivity index (χ0) is 12.8. The fraction of sp³-hybridized carbons (Fsp3) is 0.385. The second kappa shape index (κ2) is 6.47. The second-order valence-electron chi connectivity index (χ2n) is 4.22. The van der Waals surface area contributed by atoms with Crippen LogP contribution in [-0.4, -0.2) is 41.9 Å². The summed E-state index contributed by atoms with van der Waals surface area (Å²) in [6, 6.07) is 10.1. The summed E-state index contributed by atoms with van der Waals surface area (Å²) in [4.78, 5) is 2.13. The molecule has 4 nitrogen and oxygen atoms in total. The van der Waals surface area contributed by atoms with E-state index in [0.29, 0.717) is 5.11 Å². The van der Waals surface area contributed by atoms with Crippen molar-refractivity contribution < 1.29 is 0 Å². The van der Waals surface area contributed by atoms with Crippen molar-refractivity contribution in [3.8, 4) is 0 Å². The van der Waals surface area contributed by atoms with E-state index in [1.807, 2.05) is 37.3 Å². The van der Waals surface area contributed by atoms with Gasteiger partial charge in [0.25, 0.3) is 0 Å². The number of hydrogen-bond donors (Lipinski definition) is 2. The molecule has 0 spiro atoms. The Labute approximate surface area is 113 Å². The summed E-state index contributed by atoms with van der Waals surface area (Å²) in [6.07, 6.45) is 0. The van der Waals surface area contributed by atoms with Crippen LogP contribution in [-0.2, 0) is 0 Å². The molecule has 0 bridgehead atoms. The minimum atomic E-state index is 0.701. The fourth-order valence-corrected chi connectivity index (χ4v) is 2.04. The van der Waals surface area contributed by atoms with E-state index in [4.69, 9.17) is 12.2 Å². The highest BCUT2D eigenvalue weighted by molar-refractivity contribution is 7.80. The Balaban J connectivity index is 1.91. The SMILES string of the molecule is C/C(=N/NC(=S)N1CCNCC1)c1ccccc1. The molecule has 2 N–H and O–H groups in total. The van der Waals surface area contributed by atoms with Crippen molar-refractivity contribution >= 4 is 23.0 Å². The summed E-state index contributed by atoms with van der Waals surface area (Å²) in [5.41, 5.74) is 5.01. The van der Waals surface area contributed by atoms with Crippen LogP contribution in [0.3, 0.4) is 0 Å². The minimum Gasteiger partial charge on any atom is -0.345 e. The van der Waals surface area contributed by atoms with Gasteiger partial charge in [-0.3, -0.25) is 5.43 Å². The normalized spacial score (nSPS) is 16.5. The van der Waals surface area contributed by atoms with Crippen LogP contribution in [0.4, 0.5) is 0 Å². The minimum absolute atomic E-state index is 0.701. The Morgan fingerprint density at radius 3 is 2.61 bits per heavy atom. The smallest absolute Gasteiger partial charge is 0.189 e. The molecule has 0 radical (unpaired) electrons. The highest BCUT2D eigenvalue weighted by Gasteiger charge is 2.11. The van der Waals surface area contributed by atoms with Gasteiger partial charge in [0.05, 0.1) is 5.71 Å². The lowest BCUT2D eigenvalue weighted by molar-refractivity contribution is 0.353. The highest BCUT2D eigenvalue weighted by atomic mass is 32.1. The van der Waals surface area contributed by atoms with Crippen LogP contribution in [0, 0.1) is 0 Å². The van der Waals surface area contributed by atoms with E-state index in [-0.39, 0.29) is 0 Å². The Morgan fingerprint density at radius 2 is 1.94 bits per heavy atom. The summed E-state index contributed by atoms with van der Waals surface area (Å²) in [6.45, 7) is 5.80. The van der Waals surface area contributed by atoms with Gasteiger partial charge < -0.3 is 10.2 Å². The zero-order valence-corrected chi connectivity index (χ0v) is 11.3. The molecule has 1 fully saturated rings. The van der Waals surface area contributed by atoms with Crippen molar-refractivity contribution in [2.45, 2.75) is 6.92 Å². The van der Waals surface area contributed by atoms with E-state index in [1.54, 1.807) is 0 Å². The molecule has 0 amide bonds. The second-order valence-corrected chi connectivity index (χ2v) is 4.60. The van der Waals surface area contributed by atoms with Crippen LogP contribution in [0.25, 0.3) is 0 Å². The third-order valence-electron chi connectivity index (χ3n) is 2.92. The number of nitrogens with zero attached hydrogens (tertiary/aromatic N) is 2. The van der Waals surface area contributed by atoms with Crippen molar-refractivity contribution in [2.24, 2.45) is 5.10 Å². The Hall–Kier alpha value is -1.46. The molecule has 18 heavy (non-hydrogen) atoms. The summed E-state index contributed by atoms with van der Waals surface area (Å²) >= 11 is 5.32. The molecule has 1 aromatic carbocycles. The van der Waals surface area contributed by atoms with Crippen LogP contribution < -0.4 is 10.7 Å². The molecule has 1 aliphatic rings. The van der Waals surface area contributed by atoms with Crippen LogP contribution in [0.15, 0.2) is 35.4 Å². The van der Waals surface area contributed by atoms with E-state index in [1.165, 1.54) is 0 Å². The van der Waals surface area contributed by atoms with Gasteiger partial charge >= 0.3 is 0 Å². The Morgan fingerprint density at radius 1 is 1.28 bits per heavy atom. The molecule has 0 saturated carbocycles. The Kier molecular flexibility index (Phi) is 4.66. The summed E-state index contributed by atoms with van der Waals surface area (Å²) < 4.78 is 0. The number of thiocarbonyl (C=S) groups is 1. The molecule has 0 aromatic heterocycles. The van der Waals surface area contributed by atoms with E-state index >= 15 is 0 Å². The lowest BCUT2D eigenvalue weighted by Gasteiger charge is -2.28. The first-order chi connectivity index (χ1) is 8.77. The molecular weight excluding hydrogens is 244 g/mol. The van der Waals surface area contributed by atoms with Crippen molar-refractivity contribution in [1.82, 2.24) is 15.6 Å². The van der Waals surface area contributed by atoms with Crippen LogP contribution in [0.5, 0.6) is 0 Å². The fourth-order valence-electron chi connectivity index (χ4n) is 1.81. The molecule has 0 aliphatic carbocycles. The number of hydrogen-bond acceptors (Lipinski definition) is 3. The third-order valence-corrected chi connectivity index (χ3v) is 3.26. The van der Waals surface area contributed by atoms with Gasteiger partial charge in [-0.25, -0.2) is 0 Å². The van der Waals surface area contributed by atoms with Gasteiger partial charge in [-0.1, -0.05) is 30.3 Å². The number of benzene rings is 1. The standard InChI is InChI=1S/C13H18N4S/c1-11(12-5-3-2-4-6-12)15-16-13(18)17-9-7-14-8-10-17/h2-6,14H,7-10H2,1H3,(H,16,18)/b15-11-. The van der Waals surface area contributed by atoms with E-state index in [9.17, 15) is 0 Å². The van der Waals surface area contributed by atoms with Crippen LogP contribution in [0.1, 0.15) is 12.5 Å². The number of piperazine rings is 1. The van der Waals surface area contributed by atoms with Gasteiger partial charge in [-0.05, 0) is 24.7 Å². The zero-order valence-electron chi connectivity index (χ0n) is 10.5. The summed E-state index contributed by atoms with van der Waals surface area (Å²) in [7, 11) is 0. The summed E-state index contributed by atoms with van der Waals surface area (Å²) in [5, 5.41) is 8.33. The molecule has 1 heterocycles. The first-order valence-corrected chi connectivity index (χ1v) is 6.53. The van der Waals surface area contributed by atoms with Gasteiger partial charge in [-0.2, -0.15) is 5.10 Å². The van der Waals surface area contributed by atoms with Gasteiger partial charge in [0, 0.05) is 26.2 Å². The van der Waals surface area contributed by atoms with Crippen LogP contribution >= 0.6 is 12.2 Å². The van der Waals surface area contributed by atoms with E-state index in [2.05, 4.69) is 20.7 Å². The predicted molar refractivity (Wildman–Crippen MR) is 78.8 cm³/mol. The number of nitrogens with one attached hydrogen (secondary N) is 2. The molecule has 0 unspecified atom stereocenters. The third kappa shape index (κ3) is 3.51. The molecule has 1 saturated heterocycles. The van der Waals surface area contributed by atoms with Crippen molar-refractivity contribution in [2.75, 3.05) is 26.2 Å². The first-order valence-electron chi connectivity index (χ1n) is 6.13. The Bertz CT molecular complexity index is 424. The van der Waals surface area contributed by atoms with Crippen molar-refractivity contribution in [3.05, 3.63) is 35.9 Å². The van der Waals surface area contributed by atoms with Gasteiger partial charge in [-0.15, -0.1) is 0 Å². The average molecular weight is 262 g/mol. The molecule has 1 aliphatic heterocycles. The molecule has 96 valence electrons. The molecule has 2 rings (SSSR count). The van der Waals surface area contributed by atoms with Gasteiger partial charge in [0.1, 0.15) is 0 Å². The topological polar surface area (TPSA) is 39.7 Å². The monoisotopic (exact) mass is 262 g/mol. The van der Waals surface area contributed by atoms with E-state index in [0.717, 1.165) is 37.5 Å². The maximum Gasteiger partial charge on any atom is 0.189 e. The first kappa shape index (κ1) is 13.0. The molecular formula is C13H18N4S. The van der Waals surface area contributed by atoms with E-state index < -0.39 is 0 Å². The summed E-state index contributed by atoms with van der Waals surface area (Å²) in [5.74, 6) is 0. The lowest BCUT2D eigenvalue weighted by atomic mass is 10.1. The maximum atomic E-state index is 5.32. The largest absolute Gasteiger partial charge is 0.345 e.